The molecule has 1 aromatic heterocycles. The average molecular weight is 316 g/mol. The Hall–Kier alpha value is -0.680. The topological polar surface area (TPSA) is 37.4 Å². The smallest absolute Gasteiger partial charge is 0.264 e. The molecule has 1 fully saturated rings. The zero-order chi connectivity index (χ0) is 12.6. The van der Waals surface area contributed by atoms with E-state index in [-0.39, 0.29) is 11.7 Å². The van der Waals surface area contributed by atoms with Crippen LogP contribution in [0, 0.1) is 0 Å². The van der Waals surface area contributed by atoms with Crippen LogP contribution >= 0.6 is 27.3 Å². The van der Waals surface area contributed by atoms with E-state index in [1.54, 1.807) is 11.0 Å². The summed E-state index contributed by atoms with van der Waals surface area (Å²) in [5.74, 6) is 0.103. The molecule has 1 aromatic rings. The number of likely N-dealkylation sites (tertiary alicyclic amines) is 1. The third-order valence-electron chi connectivity index (χ3n) is 3.17. The van der Waals surface area contributed by atoms with Gasteiger partial charge in [0, 0.05) is 13.0 Å². The third-order valence-corrected chi connectivity index (χ3v) is 4.78. The van der Waals surface area contributed by atoms with Crippen molar-refractivity contribution in [2.75, 3.05) is 6.54 Å². The van der Waals surface area contributed by atoms with Crippen LogP contribution in [0.5, 0.6) is 0 Å². The number of halogens is 1. The maximum atomic E-state index is 12.3. The van der Waals surface area contributed by atoms with E-state index in [2.05, 4.69) is 15.9 Å². The van der Waals surface area contributed by atoms with Crippen LogP contribution in [0.15, 0.2) is 15.9 Å². The Morgan fingerprint density at radius 1 is 1.47 bits per heavy atom. The van der Waals surface area contributed by atoms with E-state index in [1.807, 2.05) is 19.9 Å². The maximum absolute atomic E-state index is 12.3. The highest BCUT2D eigenvalue weighted by atomic mass is 79.9. The number of Topliss-reactive ketones (excluding diaryl/α,β-unsaturated/α-hetero) is 1. The fraction of sp³-hybridized carbons (Fsp3) is 0.500. The van der Waals surface area contributed by atoms with Gasteiger partial charge in [-0.3, -0.25) is 9.59 Å². The van der Waals surface area contributed by atoms with E-state index in [4.69, 9.17) is 0 Å². The van der Waals surface area contributed by atoms with Crippen molar-refractivity contribution in [1.82, 2.24) is 4.90 Å². The van der Waals surface area contributed by atoms with Crippen molar-refractivity contribution in [3.8, 4) is 0 Å². The van der Waals surface area contributed by atoms with Crippen LogP contribution in [-0.2, 0) is 4.79 Å². The van der Waals surface area contributed by atoms with E-state index in [1.165, 1.54) is 11.3 Å². The lowest BCUT2D eigenvalue weighted by atomic mass is 9.89. The van der Waals surface area contributed by atoms with Crippen molar-refractivity contribution < 1.29 is 9.59 Å². The predicted molar refractivity (Wildman–Crippen MR) is 71.4 cm³/mol. The first kappa shape index (κ1) is 12.8. The first-order chi connectivity index (χ1) is 7.93. The highest BCUT2D eigenvalue weighted by molar-refractivity contribution is 9.11. The molecule has 1 aliphatic heterocycles. The van der Waals surface area contributed by atoms with E-state index >= 15 is 0 Å². The molecule has 3 nitrogen and oxygen atoms in total. The molecule has 0 saturated carbocycles. The minimum absolute atomic E-state index is 0.0428. The van der Waals surface area contributed by atoms with Gasteiger partial charge in [0.2, 0.25) is 0 Å². The van der Waals surface area contributed by atoms with Crippen LogP contribution in [0.4, 0.5) is 0 Å². The van der Waals surface area contributed by atoms with Gasteiger partial charge in [-0.1, -0.05) is 0 Å². The number of piperidine rings is 1. The minimum Gasteiger partial charge on any atom is -0.326 e. The van der Waals surface area contributed by atoms with Crippen LogP contribution in [0.1, 0.15) is 36.4 Å². The number of carbonyl (C=O) groups excluding carboxylic acids is 2. The molecule has 2 heterocycles. The van der Waals surface area contributed by atoms with Gasteiger partial charge >= 0.3 is 0 Å². The number of thiophene rings is 1. The minimum atomic E-state index is -0.675. The summed E-state index contributed by atoms with van der Waals surface area (Å²) in [5.41, 5.74) is -0.675. The van der Waals surface area contributed by atoms with Gasteiger partial charge in [-0.25, -0.2) is 0 Å². The van der Waals surface area contributed by atoms with Gasteiger partial charge < -0.3 is 4.90 Å². The lowest BCUT2D eigenvalue weighted by Crippen LogP contribution is -2.56. The number of amides is 1. The standard InChI is InChI=1S/C12H14BrNO2S/c1-12(2)9(15)4-3-7-14(12)11(16)8-5-6-10(13)17-8/h5-6H,3-4,7H2,1-2H3. The van der Waals surface area contributed by atoms with Gasteiger partial charge in [0.25, 0.3) is 5.91 Å². The van der Waals surface area contributed by atoms with Crippen LogP contribution in [0.3, 0.4) is 0 Å². The van der Waals surface area contributed by atoms with Crippen molar-refractivity contribution in [2.24, 2.45) is 0 Å². The number of carbonyl (C=O) groups is 2. The summed E-state index contributed by atoms with van der Waals surface area (Å²) in [6.07, 6.45) is 1.34. The normalized spacial score (nSPS) is 19.5. The summed E-state index contributed by atoms with van der Waals surface area (Å²) < 4.78 is 0.932. The third kappa shape index (κ3) is 2.31. The summed E-state index contributed by atoms with van der Waals surface area (Å²) in [6, 6.07) is 3.66. The number of ketones is 1. The van der Waals surface area contributed by atoms with Gasteiger partial charge in [0.15, 0.2) is 5.78 Å². The number of rotatable bonds is 1. The predicted octanol–water partition coefficient (Wildman–Crippen LogP) is 3.09. The summed E-state index contributed by atoms with van der Waals surface area (Å²) in [4.78, 5) is 26.6. The fourth-order valence-corrected chi connectivity index (χ4v) is 3.39. The molecule has 0 N–H and O–H groups in total. The van der Waals surface area contributed by atoms with E-state index in [0.29, 0.717) is 17.8 Å². The molecule has 0 bridgehead atoms. The summed E-state index contributed by atoms with van der Waals surface area (Å²) in [7, 11) is 0. The van der Waals surface area contributed by atoms with Crippen molar-refractivity contribution in [3.63, 3.8) is 0 Å². The van der Waals surface area contributed by atoms with E-state index in [9.17, 15) is 9.59 Å². The molecule has 17 heavy (non-hydrogen) atoms. The summed E-state index contributed by atoms with van der Waals surface area (Å²) >= 11 is 4.75. The Labute approximate surface area is 113 Å². The zero-order valence-electron chi connectivity index (χ0n) is 9.83. The monoisotopic (exact) mass is 315 g/mol. The Kier molecular flexibility index (Phi) is 3.41. The molecule has 0 atom stereocenters. The van der Waals surface area contributed by atoms with Crippen LogP contribution < -0.4 is 0 Å². The molecule has 5 heteroatoms. The number of hydrogen-bond donors (Lipinski definition) is 0. The highest BCUT2D eigenvalue weighted by Crippen LogP contribution is 2.29. The zero-order valence-corrected chi connectivity index (χ0v) is 12.2. The molecule has 1 aliphatic rings. The lowest BCUT2D eigenvalue weighted by Gasteiger charge is -2.40. The molecule has 1 amide bonds. The molecule has 0 spiro atoms. The second-order valence-corrected chi connectivity index (χ2v) is 7.11. The maximum Gasteiger partial charge on any atom is 0.264 e. The first-order valence-electron chi connectivity index (χ1n) is 5.53. The fourth-order valence-electron chi connectivity index (χ4n) is 2.05. The van der Waals surface area contributed by atoms with E-state index < -0.39 is 5.54 Å². The van der Waals surface area contributed by atoms with Gasteiger partial charge in [-0.2, -0.15) is 0 Å². The van der Waals surface area contributed by atoms with Crippen LogP contribution in [0.2, 0.25) is 0 Å². The summed E-state index contributed by atoms with van der Waals surface area (Å²) in [5, 5.41) is 0. The van der Waals surface area contributed by atoms with Gasteiger partial charge in [-0.15, -0.1) is 11.3 Å². The van der Waals surface area contributed by atoms with Crippen LogP contribution in [0.25, 0.3) is 0 Å². The quantitative estimate of drug-likeness (QED) is 0.798. The van der Waals surface area contributed by atoms with Crippen molar-refractivity contribution in [1.29, 1.82) is 0 Å². The average Bonchev–Trinajstić information content (AvgIpc) is 2.68. The number of hydrogen-bond acceptors (Lipinski definition) is 3. The Morgan fingerprint density at radius 3 is 2.76 bits per heavy atom. The molecule has 2 rings (SSSR count). The molecule has 0 aromatic carbocycles. The molecule has 92 valence electrons. The van der Waals surface area contributed by atoms with Gasteiger partial charge in [-0.05, 0) is 48.3 Å². The Bertz CT molecular complexity index is 467. The Balaban J connectivity index is 2.27. The van der Waals surface area contributed by atoms with Crippen molar-refractivity contribution in [2.45, 2.75) is 32.2 Å². The van der Waals surface area contributed by atoms with Gasteiger partial charge in [0.05, 0.1) is 14.2 Å². The molecule has 0 unspecified atom stereocenters. The van der Waals surface area contributed by atoms with Gasteiger partial charge in [0.1, 0.15) is 0 Å². The SMILES string of the molecule is CC1(C)C(=O)CCCN1C(=O)c1ccc(Br)s1. The largest absolute Gasteiger partial charge is 0.326 e. The second-order valence-electron chi connectivity index (χ2n) is 4.65. The highest BCUT2D eigenvalue weighted by Gasteiger charge is 2.40. The summed E-state index contributed by atoms with van der Waals surface area (Å²) in [6.45, 7) is 4.32. The Morgan fingerprint density at radius 2 is 2.18 bits per heavy atom. The molecular weight excluding hydrogens is 302 g/mol. The van der Waals surface area contributed by atoms with Crippen molar-refractivity contribution in [3.05, 3.63) is 20.8 Å². The lowest BCUT2D eigenvalue weighted by molar-refractivity contribution is -0.130. The molecule has 0 radical (unpaired) electrons. The van der Waals surface area contributed by atoms with Crippen molar-refractivity contribution >= 4 is 39.0 Å². The first-order valence-corrected chi connectivity index (χ1v) is 7.14. The van der Waals surface area contributed by atoms with Crippen LogP contribution in [-0.4, -0.2) is 28.7 Å². The van der Waals surface area contributed by atoms with E-state index in [0.717, 1.165) is 10.2 Å². The molecule has 1 saturated heterocycles. The number of nitrogens with zero attached hydrogens (tertiary/aromatic N) is 1. The molecule has 0 aliphatic carbocycles. The second kappa shape index (κ2) is 4.53. The molecular formula is C12H14BrNO2S.